The summed E-state index contributed by atoms with van der Waals surface area (Å²) in [7, 11) is 0. The minimum absolute atomic E-state index is 0.357. The van der Waals surface area contributed by atoms with Crippen molar-refractivity contribution in [1.82, 2.24) is 14.9 Å². The Kier molecular flexibility index (Phi) is 4.36. The Morgan fingerprint density at radius 1 is 1.59 bits per heavy atom. The van der Waals surface area contributed by atoms with E-state index in [0.717, 1.165) is 0 Å². The van der Waals surface area contributed by atoms with E-state index in [1.165, 1.54) is 0 Å². The molecule has 17 heavy (non-hydrogen) atoms. The third kappa shape index (κ3) is 5.79. The van der Waals surface area contributed by atoms with Gasteiger partial charge in [-0.15, -0.1) is 0 Å². The number of hydrogen-bond donors (Lipinski definition) is 1. The number of aromatic nitrogens is 2. The molecule has 0 unspecified atom stereocenters. The molecule has 1 atom stereocenters. The highest BCUT2D eigenvalue weighted by Gasteiger charge is 2.29. The van der Waals surface area contributed by atoms with Crippen LogP contribution >= 0.6 is 0 Å². The minimum atomic E-state index is -4.51. The Morgan fingerprint density at radius 3 is 2.82 bits per heavy atom. The molecular formula is C9H12F3N3O2. The largest absolute Gasteiger partial charge is 0.440 e. The Labute approximate surface area is 95.6 Å². The SMILES string of the molecule is C[C@@H](Cn1ccnc1)NC(=O)OCC(F)(F)F. The zero-order valence-corrected chi connectivity index (χ0v) is 9.07. The second kappa shape index (κ2) is 5.55. The van der Waals surface area contributed by atoms with E-state index in [4.69, 9.17) is 0 Å². The highest BCUT2D eigenvalue weighted by atomic mass is 19.4. The predicted octanol–water partition coefficient (Wildman–Crippen LogP) is 1.56. The number of amides is 1. The van der Waals surface area contributed by atoms with Gasteiger partial charge in [-0.3, -0.25) is 0 Å². The molecule has 1 aromatic rings. The summed E-state index contributed by atoms with van der Waals surface area (Å²) in [6.45, 7) is 0.465. The maximum atomic E-state index is 11.7. The number of ether oxygens (including phenoxy) is 1. The topological polar surface area (TPSA) is 56.2 Å². The van der Waals surface area contributed by atoms with Crippen LogP contribution in [0.1, 0.15) is 6.92 Å². The molecule has 96 valence electrons. The van der Waals surface area contributed by atoms with Gasteiger partial charge in [0.15, 0.2) is 6.61 Å². The number of hydrogen-bond acceptors (Lipinski definition) is 3. The molecule has 1 heterocycles. The van der Waals surface area contributed by atoms with Crippen LogP contribution in [0, 0.1) is 0 Å². The molecule has 0 aliphatic rings. The number of halogens is 3. The number of carbonyl (C=O) groups excluding carboxylic acids is 1. The predicted molar refractivity (Wildman–Crippen MR) is 52.2 cm³/mol. The highest BCUT2D eigenvalue weighted by molar-refractivity contribution is 5.67. The van der Waals surface area contributed by atoms with Crippen molar-refractivity contribution in [3.8, 4) is 0 Å². The third-order valence-corrected chi connectivity index (χ3v) is 1.78. The first-order valence-electron chi connectivity index (χ1n) is 4.82. The van der Waals surface area contributed by atoms with Crippen LogP contribution in [0.3, 0.4) is 0 Å². The van der Waals surface area contributed by atoms with E-state index < -0.39 is 18.9 Å². The lowest BCUT2D eigenvalue weighted by Gasteiger charge is -2.15. The lowest BCUT2D eigenvalue weighted by molar-refractivity contribution is -0.160. The third-order valence-electron chi connectivity index (χ3n) is 1.78. The Balaban J connectivity index is 2.26. The van der Waals surface area contributed by atoms with Crippen LogP contribution in [0.5, 0.6) is 0 Å². The summed E-state index contributed by atoms with van der Waals surface area (Å²) < 4.78 is 40.9. The second-order valence-corrected chi connectivity index (χ2v) is 3.50. The van der Waals surface area contributed by atoms with Gasteiger partial charge in [-0.05, 0) is 6.92 Å². The number of nitrogens with zero attached hydrogens (tertiary/aromatic N) is 2. The molecule has 1 rings (SSSR count). The maximum Gasteiger partial charge on any atom is 0.422 e. The van der Waals surface area contributed by atoms with Crippen LogP contribution in [0.4, 0.5) is 18.0 Å². The average molecular weight is 251 g/mol. The molecule has 0 aromatic carbocycles. The molecule has 0 saturated heterocycles. The van der Waals surface area contributed by atoms with Gasteiger partial charge in [0.1, 0.15) is 0 Å². The first-order valence-corrected chi connectivity index (χ1v) is 4.82. The van der Waals surface area contributed by atoms with E-state index in [9.17, 15) is 18.0 Å². The Morgan fingerprint density at radius 2 is 2.29 bits per heavy atom. The van der Waals surface area contributed by atoms with E-state index in [2.05, 4.69) is 15.0 Å². The summed E-state index contributed by atoms with van der Waals surface area (Å²) in [4.78, 5) is 14.8. The molecule has 8 heteroatoms. The van der Waals surface area contributed by atoms with Gasteiger partial charge in [-0.1, -0.05) is 0 Å². The lowest BCUT2D eigenvalue weighted by Crippen LogP contribution is -2.37. The average Bonchev–Trinajstić information content (AvgIpc) is 2.66. The van der Waals surface area contributed by atoms with Crippen molar-refractivity contribution in [2.45, 2.75) is 25.7 Å². The molecule has 1 amide bonds. The van der Waals surface area contributed by atoms with Crippen molar-refractivity contribution >= 4 is 6.09 Å². The van der Waals surface area contributed by atoms with Gasteiger partial charge in [-0.25, -0.2) is 9.78 Å². The van der Waals surface area contributed by atoms with Gasteiger partial charge in [0, 0.05) is 25.0 Å². The number of alkyl halides is 3. The molecule has 0 aliphatic carbocycles. The first kappa shape index (κ1) is 13.3. The summed E-state index contributed by atoms with van der Waals surface area (Å²) in [5.41, 5.74) is 0. The van der Waals surface area contributed by atoms with Crippen LogP contribution in [0.2, 0.25) is 0 Å². The molecular weight excluding hydrogens is 239 g/mol. The van der Waals surface area contributed by atoms with Crippen LogP contribution in [0.15, 0.2) is 18.7 Å². The highest BCUT2D eigenvalue weighted by Crippen LogP contribution is 2.14. The molecule has 0 spiro atoms. The Bertz CT molecular complexity index is 351. The Hall–Kier alpha value is -1.73. The monoisotopic (exact) mass is 251 g/mol. The van der Waals surface area contributed by atoms with Gasteiger partial charge in [0.25, 0.3) is 0 Å². The van der Waals surface area contributed by atoms with Gasteiger partial charge in [0.05, 0.1) is 6.33 Å². The summed E-state index contributed by atoms with van der Waals surface area (Å²) in [5, 5.41) is 2.28. The zero-order chi connectivity index (χ0) is 12.9. The smallest absolute Gasteiger partial charge is 0.422 e. The van der Waals surface area contributed by atoms with Crippen LogP contribution in [-0.4, -0.2) is 34.5 Å². The number of rotatable bonds is 4. The van der Waals surface area contributed by atoms with Gasteiger partial charge >= 0.3 is 12.3 Å². The van der Waals surface area contributed by atoms with Crippen molar-refractivity contribution in [3.63, 3.8) is 0 Å². The molecule has 0 aliphatic heterocycles. The van der Waals surface area contributed by atoms with Gasteiger partial charge in [0.2, 0.25) is 0 Å². The molecule has 5 nitrogen and oxygen atoms in total. The molecule has 0 radical (unpaired) electrons. The standard InChI is InChI=1S/C9H12F3N3O2/c1-7(4-15-3-2-13-6-15)14-8(16)17-5-9(10,11)12/h2-3,6-7H,4-5H2,1H3,(H,14,16)/t7-/m0/s1. The van der Waals surface area contributed by atoms with Crippen molar-refractivity contribution in [3.05, 3.63) is 18.7 Å². The van der Waals surface area contributed by atoms with E-state index in [1.807, 2.05) is 0 Å². The second-order valence-electron chi connectivity index (χ2n) is 3.50. The fraction of sp³-hybridized carbons (Fsp3) is 0.556. The fourth-order valence-corrected chi connectivity index (χ4v) is 1.15. The molecule has 0 fully saturated rings. The van der Waals surface area contributed by atoms with E-state index in [-0.39, 0.29) is 6.04 Å². The van der Waals surface area contributed by atoms with Gasteiger partial charge < -0.3 is 14.6 Å². The molecule has 1 aromatic heterocycles. The number of alkyl carbamates (subject to hydrolysis) is 1. The molecule has 0 saturated carbocycles. The number of imidazole rings is 1. The number of nitrogens with one attached hydrogen (secondary N) is 1. The fourth-order valence-electron chi connectivity index (χ4n) is 1.15. The summed E-state index contributed by atoms with van der Waals surface area (Å²) >= 11 is 0. The van der Waals surface area contributed by atoms with E-state index in [1.54, 1.807) is 30.2 Å². The zero-order valence-electron chi connectivity index (χ0n) is 9.07. The summed E-state index contributed by atoms with van der Waals surface area (Å²) in [5.74, 6) is 0. The van der Waals surface area contributed by atoms with Crippen molar-refractivity contribution in [2.24, 2.45) is 0 Å². The van der Waals surface area contributed by atoms with Crippen LogP contribution < -0.4 is 5.32 Å². The van der Waals surface area contributed by atoms with Crippen LogP contribution in [-0.2, 0) is 11.3 Å². The van der Waals surface area contributed by atoms with Crippen LogP contribution in [0.25, 0.3) is 0 Å². The molecule has 0 bridgehead atoms. The van der Waals surface area contributed by atoms with E-state index in [0.29, 0.717) is 6.54 Å². The lowest BCUT2D eigenvalue weighted by atomic mass is 10.3. The quantitative estimate of drug-likeness (QED) is 0.883. The van der Waals surface area contributed by atoms with Crippen molar-refractivity contribution in [2.75, 3.05) is 6.61 Å². The summed E-state index contributed by atoms with van der Waals surface area (Å²) in [6, 6.07) is -0.357. The first-order chi connectivity index (χ1) is 7.87. The van der Waals surface area contributed by atoms with Crippen molar-refractivity contribution < 1.29 is 22.7 Å². The summed E-state index contributed by atoms with van der Waals surface area (Å²) in [6.07, 6.45) is -0.812. The van der Waals surface area contributed by atoms with Gasteiger partial charge in [-0.2, -0.15) is 13.2 Å². The molecule has 1 N–H and O–H groups in total. The normalized spacial score (nSPS) is 13.2. The number of carbonyl (C=O) groups is 1. The van der Waals surface area contributed by atoms with E-state index >= 15 is 0 Å². The minimum Gasteiger partial charge on any atom is -0.440 e. The van der Waals surface area contributed by atoms with Crippen molar-refractivity contribution in [1.29, 1.82) is 0 Å². The maximum absolute atomic E-state index is 11.7.